The Morgan fingerprint density at radius 2 is 1.82 bits per heavy atom. The van der Waals surface area contributed by atoms with E-state index in [1.54, 1.807) is 31.3 Å². The zero-order valence-corrected chi connectivity index (χ0v) is 30.5. The van der Waals surface area contributed by atoms with Crippen LogP contribution in [0.25, 0.3) is 33.3 Å². The van der Waals surface area contributed by atoms with Crippen molar-refractivity contribution in [1.82, 2.24) is 40.0 Å². The predicted octanol–water partition coefficient (Wildman–Crippen LogP) is 4.02. The molecule has 6 heterocycles. The van der Waals surface area contributed by atoms with Crippen molar-refractivity contribution >= 4 is 40.3 Å². The maximum Gasteiger partial charge on any atom is 0.269 e. The molecule has 13 nitrogen and oxygen atoms in total. The molecule has 1 fully saturated rings. The molecule has 0 saturated carbocycles. The first-order valence-corrected chi connectivity index (χ1v) is 18.4. The lowest BCUT2D eigenvalue weighted by Gasteiger charge is -2.29. The summed E-state index contributed by atoms with van der Waals surface area (Å²) in [6.07, 6.45) is 5.14. The highest BCUT2D eigenvalue weighted by Gasteiger charge is 2.39. The summed E-state index contributed by atoms with van der Waals surface area (Å²) in [5.41, 5.74) is 6.59. The smallest absolute Gasteiger partial charge is 0.269 e. The summed E-state index contributed by atoms with van der Waals surface area (Å²) >= 11 is 0. The summed E-state index contributed by atoms with van der Waals surface area (Å²) in [4.78, 5) is 79.8. The van der Waals surface area contributed by atoms with Crippen LogP contribution in [0.1, 0.15) is 76.6 Å². The number of hydrogen-bond acceptors (Lipinski definition) is 8. The SMILES string of the molecule is CCc1nc(-c2cccc3cc(-c4ccc(C(=O)NCCC#Cc5cccc6c5CN(C5CCC(=O)NC5=O)C6=O)nc4)ncc23)c2n1CCN(C(C)=O)C2. The van der Waals surface area contributed by atoms with E-state index in [2.05, 4.69) is 38.9 Å². The molecule has 55 heavy (non-hydrogen) atoms. The molecule has 3 aromatic heterocycles. The van der Waals surface area contributed by atoms with Crippen LogP contribution >= 0.6 is 0 Å². The normalized spacial score (nSPS) is 16.3. The van der Waals surface area contributed by atoms with Gasteiger partial charge in [-0.25, -0.2) is 4.98 Å². The van der Waals surface area contributed by atoms with E-state index in [0.717, 1.165) is 63.3 Å². The maximum absolute atomic E-state index is 13.1. The van der Waals surface area contributed by atoms with E-state index in [1.165, 1.54) is 4.90 Å². The monoisotopic (exact) mass is 734 g/mol. The third-order valence-corrected chi connectivity index (χ3v) is 10.5. The summed E-state index contributed by atoms with van der Waals surface area (Å²) in [7, 11) is 0. The number of aromatic nitrogens is 4. The summed E-state index contributed by atoms with van der Waals surface area (Å²) < 4.78 is 2.24. The van der Waals surface area contributed by atoms with Crippen LogP contribution in [-0.4, -0.2) is 78.0 Å². The molecule has 0 bridgehead atoms. The molecule has 2 aromatic carbocycles. The minimum atomic E-state index is -0.690. The Kier molecular flexibility index (Phi) is 9.40. The van der Waals surface area contributed by atoms with E-state index in [1.807, 2.05) is 47.5 Å². The highest BCUT2D eigenvalue weighted by molar-refractivity contribution is 6.05. The standard InChI is InChI=1S/C42H38N8O5/c1-3-37-46-39(36-24-48(25(2)51)18-19-49(36)37)29-11-7-10-27-20-34(45-22-31(27)29)28-13-14-33(44-21-28)40(53)43-17-5-4-8-26-9-6-12-30-32(26)23-50(42(30)55)35-15-16-38(52)47-41(35)54/h6-7,9-14,20-22,35H,3,5,15-19,23-24H2,1-2H3,(H,43,53)(H,47,52,54). The van der Waals surface area contributed by atoms with Gasteiger partial charge >= 0.3 is 0 Å². The van der Waals surface area contributed by atoms with Gasteiger partial charge in [-0.2, -0.15) is 0 Å². The first kappa shape index (κ1) is 35.4. The van der Waals surface area contributed by atoms with Crippen LogP contribution in [0.5, 0.6) is 0 Å². The second-order valence-corrected chi connectivity index (χ2v) is 13.8. The van der Waals surface area contributed by atoms with Crippen molar-refractivity contribution in [3.05, 3.63) is 101 Å². The maximum atomic E-state index is 13.1. The number of piperidine rings is 1. The van der Waals surface area contributed by atoms with E-state index in [4.69, 9.17) is 9.97 Å². The number of nitrogens with zero attached hydrogens (tertiary/aromatic N) is 6. The zero-order chi connectivity index (χ0) is 38.2. The Hall–Kier alpha value is -6.68. The molecule has 0 radical (unpaired) electrons. The average molecular weight is 735 g/mol. The van der Waals surface area contributed by atoms with Gasteiger partial charge in [0.25, 0.3) is 11.8 Å². The molecule has 13 heteroatoms. The number of pyridine rings is 2. The van der Waals surface area contributed by atoms with Gasteiger partial charge in [0.05, 0.1) is 23.6 Å². The van der Waals surface area contributed by atoms with Crippen LogP contribution in [0.2, 0.25) is 0 Å². The Balaban J connectivity index is 0.909. The van der Waals surface area contributed by atoms with Gasteiger partial charge in [0, 0.05) is 92.4 Å². The van der Waals surface area contributed by atoms with E-state index < -0.39 is 11.9 Å². The lowest BCUT2D eigenvalue weighted by Crippen LogP contribution is -2.52. The Morgan fingerprint density at radius 1 is 0.982 bits per heavy atom. The number of carbonyl (C=O) groups excluding carboxylic acids is 5. The molecule has 5 amide bonds. The third-order valence-electron chi connectivity index (χ3n) is 10.5. The number of carbonyl (C=O) groups is 5. The van der Waals surface area contributed by atoms with Gasteiger partial charge in [-0.1, -0.05) is 43.0 Å². The Bertz CT molecular complexity index is 2480. The van der Waals surface area contributed by atoms with Crippen molar-refractivity contribution in [1.29, 1.82) is 0 Å². The van der Waals surface area contributed by atoms with Crippen molar-refractivity contribution in [2.24, 2.45) is 0 Å². The average Bonchev–Trinajstić information content (AvgIpc) is 3.74. The number of amides is 5. The van der Waals surface area contributed by atoms with Crippen molar-refractivity contribution in [3.8, 4) is 34.4 Å². The van der Waals surface area contributed by atoms with Gasteiger partial charge in [-0.15, -0.1) is 0 Å². The summed E-state index contributed by atoms with van der Waals surface area (Å²) in [5.74, 6) is 5.90. The number of imide groups is 1. The fourth-order valence-corrected chi connectivity index (χ4v) is 7.60. The molecule has 3 aliphatic heterocycles. The fourth-order valence-electron chi connectivity index (χ4n) is 7.60. The van der Waals surface area contributed by atoms with Gasteiger partial charge in [0.1, 0.15) is 17.6 Å². The second kappa shape index (κ2) is 14.6. The highest BCUT2D eigenvalue weighted by atomic mass is 16.2. The molecule has 0 spiro atoms. The van der Waals surface area contributed by atoms with Crippen LogP contribution in [0, 0.1) is 11.8 Å². The van der Waals surface area contributed by atoms with Crippen molar-refractivity contribution < 1.29 is 24.0 Å². The van der Waals surface area contributed by atoms with Crippen LogP contribution in [0.15, 0.2) is 67.0 Å². The number of aryl methyl sites for hydroxylation is 1. The molecule has 0 aliphatic carbocycles. The van der Waals surface area contributed by atoms with Crippen molar-refractivity contribution in [3.63, 3.8) is 0 Å². The fraction of sp³-hybridized carbons (Fsp3) is 0.286. The molecule has 2 N–H and O–H groups in total. The van der Waals surface area contributed by atoms with Crippen molar-refractivity contribution in [2.75, 3.05) is 13.1 Å². The summed E-state index contributed by atoms with van der Waals surface area (Å²) in [6.45, 7) is 6.16. The topological polar surface area (TPSA) is 159 Å². The van der Waals surface area contributed by atoms with E-state index in [-0.39, 0.29) is 42.3 Å². The second-order valence-electron chi connectivity index (χ2n) is 13.8. The predicted molar refractivity (Wildman–Crippen MR) is 203 cm³/mol. The number of hydrogen-bond donors (Lipinski definition) is 2. The summed E-state index contributed by atoms with van der Waals surface area (Å²) in [6, 6.07) is 16.2. The third kappa shape index (κ3) is 6.71. The van der Waals surface area contributed by atoms with E-state index >= 15 is 0 Å². The lowest BCUT2D eigenvalue weighted by molar-refractivity contribution is -0.137. The van der Waals surface area contributed by atoms with E-state index in [9.17, 15) is 24.0 Å². The zero-order valence-electron chi connectivity index (χ0n) is 30.5. The number of imidazole rings is 1. The van der Waals surface area contributed by atoms with E-state index in [0.29, 0.717) is 43.6 Å². The van der Waals surface area contributed by atoms with Crippen molar-refractivity contribution in [2.45, 2.75) is 65.2 Å². The molecule has 276 valence electrons. The Morgan fingerprint density at radius 3 is 2.60 bits per heavy atom. The minimum absolute atomic E-state index is 0.0537. The van der Waals surface area contributed by atoms with Gasteiger partial charge in [0.15, 0.2) is 0 Å². The van der Waals surface area contributed by atoms with Crippen LogP contribution in [0.4, 0.5) is 0 Å². The largest absolute Gasteiger partial charge is 0.350 e. The molecule has 1 atom stereocenters. The summed E-state index contributed by atoms with van der Waals surface area (Å²) in [5, 5.41) is 7.13. The minimum Gasteiger partial charge on any atom is -0.350 e. The first-order valence-electron chi connectivity index (χ1n) is 18.4. The van der Waals surface area contributed by atoms with Crippen LogP contribution in [-0.2, 0) is 40.4 Å². The van der Waals surface area contributed by atoms with Gasteiger partial charge in [-0.05, 0) is 47.7 Å². The van der Waals surface area contributed by atoms with Crippen LogP contribution in [0.3, 0.4) is 0 Å². The molecule has 1 saturated heterocycles. The quantitative estimate of drug-likeness (QED) is 0.144. The van der Waals surface area contributed by atoms with Crippen LogP contribution < -0.4 is 10.6 Å². The highest BCUT2D eigenvalue weighted by Crippen LogP contribution is 2.35. The number of fused-ring (bicyclic) bond motifs is 3. The number of rotatable bonds is 7. The van der Waals surface area contributed by atoms with Gasteiger partial charge < -0.3 is 19.7 Å². The molecular weight excluding hydrogens is 697 g/mol. The van der Waals surface area contributed by atoms with Gasteiger partial charge in [-0.3, -0.25) is 39.3 Å². The molecule has 1 unspecified atom stereocenters. The number of benzene rings is 2. The first-order chi connectivity index (χ1) is 26.7. The number of nitrogens with one attached hydrogen (secondary N) is 2. The molecule has 3 aliphatic rings. The van der Waals surface area contributed by atoms with Gasteiger partial charge in [0.2, 0.25) is 17.7 Å². The molecule has 5 aromatic rings. The molecule has 8 rings (SSSR count). The molecular formula is C42H38N8O5. The Labute approximate surface area is 317 Å². The lowest BCUT2D eigenvalue weighted by atomic mass is 10.0.